The minimum absolute atomic E-state index is 0.306. The molecule has 0 aromatic rings. The van der Waals surface area contributed by atoms with Gasteiger partial charge in [0.2, 0.25) is 0 Å². The fraction of sp³-hybridized carbons (Fsp3) is 1.00. The summed E-state index contributed by atoms with van der Waals surface area (Å²) in [6, 6.07) is 0.750. The van der Waals surface area contributed by atoms with Crippen LogP contribution in [0, 0.1) is 0 Å². The maximum atomic E-state index is 5.66. The molecular weight excluding hydrogens is 100 g/mol. The lowest BCUT2D eigenvalue weighted by atomic mass is 10.1. The number of rotatable bonds is 3. The van der Waals surface area contributed by atoms with E-state index < -0.39 is 0 Å². The lowest BCUT2D eigenvalue weighted by molar-refractivity contribution is 0.479. The maximum absolute atomic E-state index is 5.66. The van der Waals surface area contributed by atoms with E-state index in [0.717, 1.165) is 6.42 Å². The molecule has 2 atom stereocenters. The highest BCUT2D eigenvalue weighted by atomic mass is 14.9. The quantitative estimate of drug-likeness (QED) is 0.557. The summed E-state index contributed by atoms with van der Waals surface area (Å²) in [6.45, 7) is 4.19. The van der Waals surface area contributed by atoms with Gasteiger partial charge in [-0.1, -0.05) is 6.92 Å². The average Bonchev–Trinajstić information content (AvgIpc) is 1.84. The van der Waals surface area contributed by atoms with Crippen molar-refractivity contribution in [2.24, 2.45) is 5.73 Å². The Kier molecular flexibility index (Phi) is 3.83. The van der Waals surface area contributed by atoms with Gasteiger partial charge in [0, 0.05) is 12.1 Å². The molecule has 3 N–H and O–H groups in total. The van der Waals surface area contributed by atoms with Gasteiger partial charge in [-0.2, -0.15) is 0 Å². The lowest BCUT2D eigenvalue weighted by Crippen LogP contribution is -2.40. The third kappa shape index (κ3) is 2.28. The van der Waals surface area contributed by atoms with Gasteiger partial charge in [-0.3, -0.25) is 0 Å². The van der Waals surface area contributed by atoms with Crippen LogP contribution in [0.3, 0.4) is 0 Å². The molecule has 0 aromatic heterocycles. The first-order chi connectivity index (χ1) is 3.72. The van der Waals surface area contributed by atoms with Gasteiger partial charge in [0.25, 0.3) is 0 Å². The maximum Gasteiger partial charge on any atom is 0.0188 e. The van der Waals surface area contributed by atoms with Crippen molar-refractivity contribution >= 4 is 0 Å². The van der Waals surface area contributed by atoms with E-state index in [2.05, 4.69) is 19.2 Å². The van der Waals surface area contributed by atoms with Gasteiger partial charge in [0.1, 0.15) is 0 Å². The molecule has 0 amide bonds. The Morgan fingerprint density at radius 2 is 2.12 bits per heavy atom. The van der Waals surface area contributed by atoms with Gasteiger partial charge in [0.15, 0.2) is 0 Å². The number of likely N-dealkylation sites (N-methyl/N-ethyl adjacent to an activating group) is 1. The summed E-state index contributed by atoms with van der Waals surface area (Å²) in [5.41, 5.74) is 5.66. The van der Waals surface area contributed by atoms with Crippen LogP contribution in [0.25, 0.3) is 0 Å². The lowest BCUT2D eigenvalue weighted by Gasteiger charge is -2.16. The van der Waals surface area contributed by atoms with E-state index in [-0.39, 0.29) is 0 Å². The highest BCUT2D eigenvalue weighted by Crippen LogP contribution is 1.91. The van der Waals surface area contributed by atoms with Gasteiger partial charge in [0.05, 0.1) is 0 Å². The van der Waals surface area contributed by atoms with E-state index in [1.165, 1.54) is 0 Å². The van der Waals surface area contributed by atoms with Crippen molar-refractivity contribution in [1.82, 2.24) is 5.32 Å². The van der Waals surface area contributed by atoms with Gasteiger partial charge in [-0.15, -0.1) is 0 Å². The SMILES string of the molecule is CCC(N)C(C)NC. The monoisotopic (exact) mass is 116 g/mol. The molecule has 0 aliphatic rings. The average molecular weight is 116 g/mol. The molecule has 0 rings (SSSR count). The summed E-state index contributed by atoms with van der Waals surface area (Å²) < 4.78 is 0. The summed E-state index contributed by atoms with van der Waals surface area (Å²) in [5.74, 6) is 0. The van der Waals surface area contributed by atoms with Gasteiger partial charge >= 0.3 is 0 Å². The standard InChI is InChI=1S/C6H16N2/c1-4-6(7)5(2)8-3/h5-6,8H,4,7H2,1-3H3. The predicted molar refractivity (Wildman–Crippen MR) is 36.8 cm³/mol. The van der Waals surface area contributed by atoms with Crippen molar-refractivity contribution in [1.29, 1.82) is 0 Å². The molecule has 0 spiro atoms. The fourth-order valence-corrected chi connectivity index (χ4v) is 0.568. The zero-order valence-electron chi connectivity index (χ0n) is 5.94. The van der Waals surface area contributed by atoms with Crippen molar-refractivity contribution in [2.75, 3.05) is 7.05 Å². The molecule has 2 nitrogen and oxygen atoms in total. The van der Waals surface area contributed by atoms with Crippen molar-refractivity contribution in [3.8, 4) is 0 Å². The molecule has 50 valence electrons. The summed E-state index contributed by atoms with van der Waals surface area (Å²) in [5, 5.41) is 3.09. The number of hydrogen-bond acceptors (Lipinski definition) is 2. The molecule has 0 heterocycles. The molecule has 0 bridgehead atoms. The molecule has 0 aliphatic carbocycles. The molecule has 2 unspecified atom stereocenters. The van der Waals surface area contributed by atoms with E-state index in [1.807, 2.05) is 7.05 Å². The topological polar surface area (TPSA) is 38.0 Å². The zero-order valence-corrected chi connectivity index (χ0v) is 5.94. The molecule has 0 saturated heterocycles. The molecule has 0 aromatic carbocycles. The summed E-state index contributed by atoms with van der Waals surface area (Å²) in [4.78, 5) is 0. The Bertz CT molecular complexity index is 46.5. The highest BCUT2D eigenvalue weighted by Gasteiger charge is 2.05. The molecular formula is C6H16N2. The minimum Gasteiger partial charge on any atom is -0.326 e. The molecule has 0 fully saturated rings. The van der Waals surface area contributed by atoms with Crippen molar-refractivity contribution < 1.29 is 0 Å². The first-order valence-electron chi connectivity index (χ1n) is 3.15. The van der Waals surface area contributed by atoms with Crippen molar-refractivity contribution in [3.05, 3.63) is 0 Å². The summed E-state index contributed by atoms with van der Waals surface area (Å²) >= 11 is 0. The van der Waals surface area contributed by atoms with Crippen LogP contribution in [0.5, 0.6) is 0 Å². The van der Waals surface area contributed by atoms with E-state index in [0.29, 0.717) is 12.1 Å². The number of hydrogen-bond donors (Lipinski definition) is 2. The van der Waals surface area contributed by atoms with E-state index in [9.17, 15) is 0 Å². The summed E-state index contributed by atoms with van der Waals surface area (Å²) in [7, 11) is 1.93. The van der Waals surface area contributed by atoms with Crippen LogP contribution in [0.4, 0.5) is 0 Å². The van der Waals surface area contributed by atoms with Crippen LogP contribution < -0.4 is 11.1 Å². The van der Waals surface area contributed by atoms with Gasteiger partial charge < -0.3 is 11.1 Å². The van der Waals surface area contributed by atoms with Gasteiger partial charge in [-0.05, 0) is 20.4 Å². The Balaban J connectivity index is 3.29. The third-order valence-electron chi connectivity index (χ3n) is 1.57. The van der Waals surface area contributed by atoms with Crippen molar-refractivity contribution in [3.63, 3.8) is 0 Å². The van der Waals surface area contributed by atoms with E-state index in [4.69, 9.17) is 5.73 Å². The summed E-state index contributed by atoms with van der Waals surface area (Å²) in [6.07, 6.45) is 1.04. The second-order valence-electron chi connectivity index (χ2n) is 2.15. The normalized spacial score (nSPS) is 18.0. The Morgan fingerprint density at radius 3 is 2.25 bits per heavy atom. The van der Waals surface area contributed by atoms with Crippen LogP contribution in [-0.4, -0.2) is 19.1 Å². The smallest absolute Gasteiger partial charge is 0.0188 e. The minimum atomic E-state index is 0.306. The van der Waals surface area contributed by atoms with Crippen molar-refractivity contribution in [2.45, 2.75) is 32.4 Å². The Morgan fingerprint density at radius 1 is 1.62 bits per heavy atom. The van der Waals surface area contributed by atoms with Crippen LogP contribution in [0.1, 0.15) is 20.3 Å². The Labute approximate surface area is 51.5 Å². The second kappa shape index (κ2) is 3.87. The Hall–Kier alpha value is -0.0800. The molecule has 0 radical (unpaired) electrons. The largest absolute Gasteiger partial charge is 0.326 e. The van der Waals surface area contributed by atoms with Crippen LogP contribution in [-0.2, 0) is 0 Å². The number of nitrogens with two attached hydrogens (primary N) is 1. The highest BCUT2D eigenvalue weighted by molar-refractivity contribution is 4.70. The van der Waals surface area contributed by atoms with Gasteiger partial charge in [-0.25, -0.2) is 0 Å². The number of nitrogens with one attached hydrogen (secondary N) is 1. The van der Waals surface area contributed by atoms with E-state index in [1.54, 1.807) is 0 Å². The predicted octanol–water partition coefficient (Wildman–Crippen LogP) is 0.332. The molecule has 0 aliphatic heterocycles. The second-order valence-corrected chi connectivity index (χ2v) is 2.15. The molecule has 8 heavy (non-hydrogen) atoms. The zero-order chi connectivity index (χ0) is 6.57. The first-order valence-corrected chi connectivity index (χ1v) is 3.15. The van der Waals surface area contributed by atoms with E-state index >= 15 is 0 Å². The van der Waals surface area contributed by atoms with Crippen LogP contribution >= 0.6 is 0 Å². The first kappa shape index (κ1) is 7.92. The fourth-order valence-electron chi connectivity index (χ4n) is 0.568. The molecule has 2 heteroatoms. The third-order valence-corrected chi connectivity index (χ3v) is 1.57. The van der Waals surface area contributed by atoms with Crippen LogP contribution in [0.15, 0.2) is 0 Å². The van der Waals surface area contributed by atoms with Crippen LogP contribution in [0.2, 0.25) is 0 Å². The molecule has 0 saturated carbocycles.